The van der Waals surface area contributed by atoms with Gasteiger partial charge in [-0.05, 0) is 29.8 Å². The molecule has 1 heterocycles. The number of rotatable bonds is 5. The maximum absolute atomic E-state index is 5.76. The average Bonchev–Trinajstić information content (AvgIpc) is 2.95. The third kappa shape index (κ3) is 3.20. The number of benzene rings is 2. The van der Waals surface area contributed by atoms with Crippen LogP contribution in [0.4, 0.5) is 0 Å². The molecule has 0 amide bonds. The summed E-state index contributed by atoms with van der Waals surface area (Å²) in [6.07, 6.45) is 0. The maximum Gasteiger partial charge on any atom is 0.151 e. The highest BCUT2D eigenvalue weighted by molar-refractivity contribution is 8.00. The van der Waals surface area contributed by atoms with Crippen molar-refractivity contribution >= 4 is 33.3 Å². The number of thioether (sulfide) groups is 1. The summed E-state index contributed by atoms with van der Waals surface area (Å²) in [5, 5.41) is 0. The number of hydrogen-bond acceptors (Lipinski definition) is 5. The summed E-state index contributed by atoms with van der Waals surface area (Å²) < 4.78 is 7.63. The Kier molecular flexibility index (Phi) is 4.43. The Labute approximate surface area is 132 Å². The van der Waals surface area contributed by atoms with Gasteiger partial charge in [0.2, 0.25) is 0 Å². The van der Waals surface area contributed by atoms with Crippen LogP contribution in [0.15, 0.2) is 46.8 Å². The van der Waals surface area contributed by atoms with E-state index < -0.39 is 0 Å². The van der Waals surface area contributed by atoms with E-state index in [0.29, 0.717) is 6.54 Å². The fourth-order valence-corrected chi connectivity index (χ4v) is 4.15. The van der Waals surface area contributed by atoms with E-state index in [9.17, 15) is 0 Å². The van der Waals surface area contributed by atoms with Crippen LogP contribution in [-0.2, 0) is 12.3 Å². The SMILES string of the molecule is COc1ccc(CSc2nc3ccccc3s2)cc1CN. The first-order chi connectivity index (χ1) is 10.3. The van der Waals surface area contributed by atoms with Crippen LogP contribution >= 0.6 is 23.1 Å². The van der Waals surface area contributed by atoms with Crippen molar-refractivity contribution in [1.29, 1.82) is 0 Å². The molecule has 3 rings (SSSR count). The van der Waals surface area contributed by atoms with Crippen molar-refractivity contribution in [3.63, 3.8) is 0 Å². The van der Waals surface area contributed by atoms with Crippen LogP contribution in [0.5, 0.6) is 5.75 Å². The van der Waals surface area contributed by atoms with Gasteiger partial charge in [0.1, 0.15) is 5.75 Å². The third-order valence-electron chi connectivity index (χ3n) is 3.20. The van der Waals surface area contributed by atoms with Gasteiger partial charge in [-0.1, -0.05) is 30.0 Å². The number of hydrogen-bond donors (Lipinski definition) is 1. The molecule has 1 aromatic heterocycles. The fourth-order valence-electron chi connectivity index (χ4n) is 2.14. The Morgan fingerprint density at radius 3 is 2.86 bits per heavy atom. The van der Waals surface area contributed by atoms with Crippen molar-refractivity contribution in [3.05, 3.63) is 53.6 Å². The van der Waals surface area contributed by atoms with E-state index in [2.05, 4.69) is 29.2 Å². The molecule has 0 atom stereocenters. The molecule has 0 aliphatic rings. The van der Waals surface area contributed by atoms with Gasteiger partial charge in [-0.15, -0.1) is 11.3 Å². The molecular weight excluding hydrogens is 300 g/mol. The number of ether oxygens (including phenoxy) is 1. The molecule has 0 saturated carbocycles. The molecule has 0 bridgehead atoms. The zero-order chi connectivity index (χ0) is 14.7. The zero-order valence-corrected chi connectivity index (χ0v) is 13.3. The van der Waals surface area contributed by atoms with E-state index in [4.69, 9.17) is 10.5 Å². The monoisotopic (exact) mass is 316 g/mol. The number of fused-ring (bicyclic) bond motifs is 1. The summed E-state index contributed by atoms with van der Waals surface area (Å²) in [5.74, 6) is 1.74. The molecule has 0 aliphatic heterocycles. The molecule has 0 radical (unpaired) electrons. The van der Waals surface area contributed by atoms with Gasteiger partial charge in [-0.3, -0.25) is 0 Å². The highest BCUT2D eigenvalue weighted by Crippen LogP contribution is 2.32. The standard InChI is InChI=1S/C16H16N2OS2/c1-19-14-7-6-11(8-12(14)9-17)10-20-16-18-13-4-2-3-5-15(13)21-16/h2-8H,9-10,17H2,1H3. The van der Waals surface area contributed by atoms with Crippen molar-refractivity contribution < 1.29 is 4.74 Å². The Morgan fingerprint density at radius 2 is 2.10 bits per heavy atom. The lowest BCUT2D eigenvalue weighted by atomic mass is 10.1. The fraction of sp³-hybridized carbons (Fsp3) is 0.188. The third-order valence-corrected chi connectivity index (χ3v) is 5.45. The molecule has 21 heavy (non-hydrogen) atoms. The molecule has 3 aromatic rings. The van der Waals surface area contributed by atoms with Gasteiger partial charge < -0.3 is 10.5 Å². The van der Waals surface area contributed by atoms with E-state index in [1.165, 1.54) is 10.3 Å². The van der Waals surface area contributed by atoms with Crippen molar-refractivity contribution in [3.8, 4) is 5.75 Å². The van der Waals surface area contributed by atoms with Gasteiger partial charge >= 0.3 is 0 Å². The number of nitrogens with two attached hydrogens (primary N) is 1. The van der Waals surface area contributed by atoms with Crippen LogP contribution in [0.3, 0.4) is 0 Å². The second-order valence-corrected chi connectivity index (χ2v) is 6.84. The first-order valence-corrected chi connectivity index (χ1v) is 8.44. The lowest BCUT2D eigenvalue weighted by molar-refractivity contribution is 0.409. The van der Waals surface area contributed by atoms with Crippen LogP contribution in [0, 0.1) is 0 Å². The van der Waals surface area contributed by atoms with Gasteiger partial charge in [0, 0.05) is 17.9 Å². The van der Waals surface area contributed by atoms with Gasteiger partial charge in [0.25, 0.3) is 0 Å². The van der Waals surface area contributed by atoms with Gasteiger partial charge in [0.05, 0.1) is 17.3 Å². The lowest BCUT2D eigenvalue weighted by Gasteiger charge is -2.08. The normalized spacial score (nSPS) is 11.0. The molecule has 0 saturated heterocycles. The van der Waals surface area contributed by atoms with Crippen LogP contribution in [-0.4, -0.2) is 12.1 Å². The van der Waals surface area contributed by atoms with E-state index >= 15 is 0 Å². The second kappa shape index (κ2) is 6.47. The van der Waals surface area contributed by atoms with Crippen LogP contribution < -0.4 is 10.5 Å². The summed E-state index contributed by atoms with van der Waals surface area (Å²) in [5.41, 5.74) is 9.11. The van der Waals surface area contributed by atoms with Crippen molar-refractivity contribution in [2.75, 3.05) is 7.11 Å². The summed E-state index contributed by atoms with van der Waals surface area (Å²) in [6, 6.07) is 14.4. The Morgan fingerprint density at radius 1 is 1.24 bits per heavy atom. The average molecular weight is 316 g/mol. The molecule has 2 N–H and O–H groups in total. The maximum atomic E-state index is 5.76. The smallest absolute Gasteiger partial charge is 0.151 e. The number of methoxy groups -OCH3 is 1. The number of aromatic nitrogens is 1. The van der Waals surface area contributed by atoms with E-state index in [0.717, 1.165) is 26.9 Å². The minimum absolute atomic E-state index is 0.489. The predicted octanol–water partition coefficient (Wildman–Crippen LogP) is 4.06. The van der Waals surface area contributed by atoms with Crippen LogP contribution in [0.1, 0.15) is 11.1 Å². The van der Waals surface area contributed by atoms with Crippen LogP contribution in [0.25, 0.3) is 10.2 Å². The zero-order valence-electron chi connectivity index (χ0n) is 11.7. The quantitative estimate of drug-likeness (QED) is 0.721. The summed E-state index contributed by atoms with van der Waals surface area (Å²) in [6.45, 7) is 0.489. The molecule has 0 aliphatic carbocycles. The van der Waals surface area contributed by atoms with Gasteiger partial charge in [-0.25, -0.2) is 4.98 Å². The van der Waals surface area contributed by atoms with Crippen molar-refractivity contribution in [1.82, 2.24) is 4.98 Å². The molecule has 0 fully saturated rings. The van der Waals surface area contributed by atoms with Crippen molar-refractivity contribution in [2.24, 2.45) is 5.73 Å². The summed E-state index contributed by atoms with van der Waals surface area (Å²) in [7, 11) is 1.67. The molecule has 5 heteroatoms. The molecular formula is C16H16N2OS2. The lowest BCUT2D eigenvalue weighted by Crippen LogP contribution is -2.00. The highest BCUT2D eigenvalue weighted by atomic mass is 32.2. The molecule has 0 spiro atoms. The van der Waals surface area contributed by atoms with E-state index in [-0.39, 0.29) is 0 Å². The number of para-hydroxylation sites is 1. The largest absolute Gasteiger partial charge is 0.496 e. The van der Waals surface area contributed by atoms with Gasteiger partial charge in [-0.2, -0.15) is 0 Å². The predicted molar refractivity (Wildman–Crippen MR) is 90.1 cm³/mol. The number of thiazole rings is 1. The Hall–Kier alpha value is -1.56. The van der Waals surface area contributed by atoms with Crippen LogP contribution in [0.2, 0.25) is 0 Å². The van der Waals surface area contributed by atoms with Crippen molar-refractivity contribution in [2.45, 2.75) is 16.6 Å². The first kappa shape index (κ1) is 14.4. The number of nitrogens with zero attached hydrogens (tertiary/aromatic N) is 1. The minimum atomic E-state index is 0.489. The molecule has 108 valence electrons. The van der Waals surface area contributed by atoms with E-state index in [1.54, 1.807) is 30.2 Å². The minimum Gasteiger partial charge on any atom is -0.496 e. The summed E-state index contributed by atoms with van der Waals surface area (Å²) >= 11 is 3.49. The molecule has 3 nitrogen and oxygen atoms in total. The highest BCUT2D eigenvalue weighted by Gasteiger charge is 2.06. The topological polar surface area (TPSA) is 48.1 Å². The Bertz CT molecular complexity index is 722. The molecule has 0 unspecified atom stereocenters. The van der Waals surface area contributed by atoms with E-state index in [1.807, 2.05) is 18.2 Å². The summed E-state index contributed by atoms with van der Waals surface area (Å²) in [4.78, 5) is 4.64. The van der Waals surface area contributed by atoms with Gasteiger partial charge in [0.15, 0.2) is 4.34 Å². The Balaban J connectivity index is 1.75. The molecule has 2 aromatic carbocycles. The second-order valence-electron chi connectivity index (χ2n) is 4.59. The first-order valence-electron chi connectivity index (χ1n) is 6.64.